The van der Waals surface area contributed by atoms with Crippen LogP contribution >= 0.6 is 12.4 Å². The number of hydrogen-bond donors (Lipinski definition) is 3. The number of furan rings is 1. The van der Waals surface area contributed by atoms with Crippen molar-refractivity contribution >= 4 is 28.3 Å². The Hall–Kier alpha value is -1.09. The monoisotopic (exact) mass is 311 g/mol. The first-order chi connectivity index (χ1) is 8.25. The minimum Gasteiger partial charge on any atom is -0.455 e. The van der Waals surface area contributed by atoms with Crippen molar-refractivity contribution in [3.8, 4) is 0 Å². The number of primary sulfonamides is 1. The molecule has 110 valence electrons. The molecule has 0 aliphatic rings. The molecule has 1 aromatic rings. The van der Waals surface area contributed by atoms with Gasteiger partial charge in [0.25, 0.3) is 5.91 Å². The fourth-order valence-electron chi connectivity index (χ4n) is 1.29. The molecule has 0 saturated heterocycles. The molecule has 1 heterocycles. The summed E-state index contributed by atoms with van der Waals surface area (Å²) in [6.45, 7) is 3.73. The first kappa shape index (κ1) is 17.9. The Bertz CT molecular complexity index is 541. The zero-order chi connectivity index (χ0) is 13.9. The number of sulfonamides is 1. The quantitative estimate of drug-likeness (QED) is 0.708. The molecule has 0 spiro atoms. The summed E-state index contributed by atoms with van der Waals surface area (Å²) >= 11 is 0. The lowest BCUT2D eigenvalue weighted by Crippen LogP contribution is -2.37. The summed E-state index contributed by atoms with van der Waals surface area (Å²) in [5.41, 5.74) is 0. The van der Waals surface area contributed by atoms with E-state index in [0.717, 1.165) is 6.07 Å². The summed E-state index contributed by atoms with van der Waals surface area (Å²) in [7, 11) is -2.10. The molecule has 1 rings (SSSR count). The van der Waals surface area contributed by atoms with Gasteiger partial charge in [-0.1, -0.05) is 0 Å². The molecule has 4 N–H and O–H groups in total. The Kier molecular flexibility index (Phi) is 6.50. The number of halogens is 1. The summed E-state index contributed by atoms with van der Waals surface area (Å²) < 4.78 is 27.4. The summed E-state index contributed by atoms with van der Waals surface area (Å²) in [5, 5.41) is 10.5. The Balaban J connectivity index is 0.00000324. The van der Waals surface area contributed by atoms with E-state index in [4.69, 9.17) is 9.56 Å². The van der Waals surface area contributed by atoms with Crippen molar-refractivity contribution in [3.63, 3.8) is 0 Å². The number of aryl methyl sites for hydroxylation is 1. The van der Waals surface area contributed by atoms with Gasteiger partial charge in [0.2, 0.25) is 10.0 Å². The van der Waals surface area contributed by atoms with Crippen LogP contribution < -0.4 is 15.8 Å². The van der Waals surface area contributed by atoms with Crippen LogP contribution in [-0.2, 0) is 10.0 Å². The molecule has 7 nitrogen and oxygen atoms in total. The lowest BCUT2D eigenvalue weighted by atomic mass is 10.3. The van der Waals surface area contributed by atoms with Gasteiger partial charge in [0, 0.05) is 18.7 Å². The van der Waals surface area contributed by atoms with Gasteiger partial charge in [-0.25, -0.2) is 13.6 Å². The minimum atomic E-state index is -3.87. The maximum atomic E-state index is 11.7. The van der Waals surface area contributed by atoms with E-state index in [9.17, 15) is 13.2 Å². The van der Waals surface area contributed by atoms with Crippen molar-refractivity contribution in [3.05, 3.63) is 17.6 Å². The highest BCUT2D eigenvalue weighted by atomic mass is 35.5. The molecular formula is C10H18ClN3O4S. The van der Waals surface area contributed by atoms with Crippen LogP contribution in [0.15, 0.2) is 15.4 Å². The fraction of sp³-hybridized carbons (Fsp3) is 0.500. The van der Waals surface area contributed by atoms with E-state index in [1.807, 2.05) is 6.92 Å². The van der Waals surface area contributed by atoms with Crippen molar-refractivity contribution < 1.29 is 17.6 Å². The zero-order valence-corrected chi connectivity index (χ0v) is 12.5. The zero-order valence-electron chi connectivity index (χ0n) is 10.9. The molecule has 0 bridgehead atoms. The maximum Gasteiger partial charge on any atom is 0.287 e. The molecule has 19 heavy (non-hydrogen) atoms. The molecule has 0 saturated carbocycles. The average Bonchev–Trinajstić information content (AvgIpc) is 2.67. The summed E-state index contributed by atoms with van der Waals surface area (Å²) in [5.74, 6) is -0.445. The lowest BCUT2D eigenvalue weighted by molar-refractivity contribution is 0.0921. The highest BCUT2D eigenvalue weighted by Gasteiger charge is 2.20. The van der Waals surface area contributed by atoms with Gasteiger partial charge in [-0.15, -0.1) is 12.4 Å². The van der Waals surface area contributed by atoms with Gasteiger partial charge < -0.3 is 15.1 Å². The molecule has 9 heteroatoms. The molecule has 0 aliphatic heterocycles. The second-order valence-electron chi connectivity index (χ2n) is 3.98. The van der Waals surface area contributed by atoms with Crippen LogP contribution in [0, 0.1) is 6.92 Å². The smallest absolute Gasteiger partial charge is 0.287 e. The molecule has 1 atom stereocenters. The SMILES string of the molecule is CNC(C)CNC(=O)c1cc(S(N)(=O)=O)c(C)o1.Cl. The van der Waals surface area contributed by atoms with Crippen molar-refractivity contribution in [2.75, 3.05) is 13.6 Å². The number of likely N-dealkylation sites (N-methyl/N-ethyl adjacent to an activating group) is 1. The Morgan fingerprint density at radius 3 is 2.53 bits per heavy atom. The largest absolute Gasteiger partial charge is 0.455 e. The van der Waals surface area contributed by atoms with Crippen LogP contribution in [0.1, 0.15) is 23.2 Å². The Morgan fingerprint density at radius 1 is 1.53 bits per heavy atom. The van der Waals surface area contributed by atoms with Crippen LogP contribution in [0.5, 0.6) is 0 Å². The highest BCUT2D eigenvalue weighted by Crippen LogP contribution is 2.18. The van der Waals surface area contributed by atoms with Gasteiger partial charge in [-0.3, -0.25) is 4.79 Å². The van der Waals surface area contributed by atoms with Crippen LogP contribution in [-0.4, -0.2) is 34.0 Å². The van der Waals surface area contributed by atoms with Gasteiger partial charge in [0.05, 0.1) is 0 Å². The van der Waals surface area contributed by atoms with E-state index < -0.39 is 15.9 Å². The molecule has 1 unspecified atom stereocenters. The van der Waals surface area contributed by atoms with E-state index >= 15 is 0 Å². The average molecular weight is 312 g/mol. The second kappa shape index (κ2) is 6.90. The van der Waals surface area contributed by atoms with E-state index in [0.29, 0.717) is 6.54 Å². The van der Waals surface area contributed by atoms with Crippen LogP contribution in [0.3, 0.4) is 0 Å². The molecule has 0 aromatic carbocycles. The lowest BCUT2D eigenvalue weighted by Gasteiger charge is -2.09. The molecule has 0 aliphatic carbocycles. The van der Waals surface area contributed by atoms with E-state index in [2.05, 4.69) is 10.6 Å². The molecular weight excluding hydrogens is 294 g/mol. The van der Waals surface area contributed by atoms with Crippen molar-refractivity contribution in [1.29, 1.82) is 0 Å². The van der Waals surface area contributed by atoms with E-state index in [1.165, 1.54) is 6.92 Å². The third-order valence-corrected chi connectivity index (χ3v) is 3.48. The van der Waals surface area contributed by atoms with Gasteiger partial charge in [0.1, 0.15) is 10.7 Å². The number of rotatable bonds is 5. The van der Waals surface area contributed by atoms with Crippen LogP contribution in [0.2, 0.25) is 0 Å². The number of carbonyl (C=O) groups is 1. The van der Waals surface area contributed by atoms with Crippen LogP contribution in [0.25, 0.3) is 0 Å². The van der Waals surface area contributed by atoms with Gasteiger partial charge in [-0.05, 0) is 20.9 Å². The first-order valence-electron chi connectivity index (χ1n) is 5.34. The van der Waals surface area contributed by atoms with Crippen molar-refractivity contribution in [1.82, 2.24) is 10.6 Å². The van der Waals surface area contributed by atoms with Gasteiger partial charge in [0.15, 0.2) is 5.76 Å². The van der Waals surface area contributed by atoms with Crippen molar-refractivity contribution in [2.45, 2.75) is 24.8 Å². The van der Waals surface area contributed by atoms with Gasteiger partial charge >= 0.3 is 0 Å². The molecule has 0 radical (unpaired) electrons. The third kappa shape index (κ3) is 4.83. The standard InChI is InChI=1S/C10H17N3O4S.ClH/c1-6(12-3)5-13-10(14)8-4-9(7(2)17-8)18(11,15)16;/h4,6,12H,5H2,1-3H3,(H,13,14)(H2,11,15,16);1H. The maximum absolute atomic E-state index is 11.7. The number of nitrogens with one attached hydrogen (secondary N) is 2. The molecule has 0 fully saturated rings. The fourth-order valence-corrected chi connectivity index (χ4v) is 2.01. The van der Waals surface area contributed by atoms with Crippen molar-refractivity contribution in [2.24, 2.45) is 5.14 Å². The van der Waals surface area contributed by atoms with Crippen LogP contribution in [0.4, 0.5) is 0 Å². The number of carbonyl (C=O) groups excluding carboxylic acids is 1. The summed E-state index contributed by atoms with van der Waals surface area (Å²) in [6.07, 6.45) is 0. The Morgan fingerprint density at radius 2 is 2.11 bits per heavy atom. The summed E-state index contributed by atoms with van der Waals surface area (Å²) in [4.78, 5) is 11.5. The molecule has 1 amide bonds. The summed E-state index contributed by atoms with van der Waals surface area (Å²) in [6, 6.07) is 1.23. The van der Waals surface area contributed by atoms with E-state index in [1.54, 1.807) is 7.05 Å². The third-order valence-electron chi connectivity index (χ3n) is 2.46. The van der Waals surface area contributed by atoms with E-state index in [-0.39, 0.29) is 34.9 Å². The number of nitrogens with two attached hydrogens (primary N) is 1. The van der Waals surface area contributed by atoms with Gasteiger partial charge in [-0.2, -0.15) is 0 Å². The highest BCUT2D eigenvalue weighted by molar-refractivity contribution is 7.89. The predicted octanol–water partition coefficient (Wildman–Crippen LogP) is -0.00508. The normalized spacial score (nSPS) is 12.6. The first-order valence-corrected chi connectivity index (χ1v) is 6.89. The topological polar surface area (TPSA) is 114 Å². The second-order valence-corrected chi connectivity index (χ2v) is 5.51. The Labute approximate surface area is 118 Å². The number of amides is 1. The predicted molar refractivity (Wildman–Crippen MR) is 72.9 cm³/mol. The minimum absolute atomic E-state index is 0. The molecule has 1 aromatic heterocycles. The number of hydrogen-bond acceptors (Lipinski definition) is 5.